The normalized spacial score (nSPS) is 12.2. The lowest BCUT2D eigenvalue weighted by Gasteiger charge is -2.16. The van der Waals surface area contributed by atoms with Gasteiger partial charge < -0.3 is 10.5 Å². The van der Waals surface area contributed by atoms with Gasteiger partial charge in [-0.05, 0) is 37.1 Å². The highest BCUT2D eigenvalue weighted by atomic mass is 79.9. The van der Waals surface area contributed by atoms with E-state index < -0.39 is 0 Å². The van der Waals surface area contributed by atoms with E-state index in [1.165, 1.54) is 5.56 Å². The van der Waals surface area contributed by atoms with Crippen LogP contribution >= 0.6 is 15.9 Å². The van der Waals surface area contributed by atoms with Crippen molar-refractivity contribution in [3.63, 3.8) is 0 Å². The first-order chi connectivity index (χ1) is 9.20. The molecule has 1 unspecified atom stereocenters. The third-order valence-corrected chi connectivity index (χ3v) is 3.46. The molecule has 2 aromatic carbocycles. The number of para-hydroxylation sites is 1. The largest absolute Gasteiger partial charge is 0.494 e. The molecule has 0 aliphatic heterocycles. The summed E-state index contributed by atoms with van der Waals surface area (Å²) < 4.78 is 6.71. The van der Waals surface area contributed by atoms with Crippen molar-refractivity contribution in [1.82, 2.24) is 0 Å². The monoisotopic (exact) mass is 319 g/mol. The third-order valence-electron chi connectivity index (χ3n) is 2.96. The fourth-order valence-corrected chi connectivity index (χ4v) is 2.55. The Morgan fingerprint density at radius 1 is 1.16 bits per heavy atom. The van der Waals surface area contributed by atoms with E-state index in [2.05, 4.69) is 28.1 Å². The van der Waals surface area contributed by atoms with Crippen LogP contribution in [-0.4, -0.2) is 6.61 Å². The van der Waals surface area contributed by atoms with E-state index >= 15 is 0 Å². The minimum atomic E-state index is -0.0583. The van der Waals surface area contributed by atoms with Crippen molar-refractivity contribution >= 4 is 15.9 Å². The highest BCUT2D eigenvalue weighted by Crippen LogP contribution is 2.26. The Balaban J connectivity index is 2.17. The van der Waals surface area contributed by atoms with E-state index in [-0.39, 0.29) is 6.04 Å². The molecule has 2 aromatic rings. The van der Waals surface area contributed by atoms with Gasteiger partial charge in [0.15, 0.2) is 0 Å². The lowest BCUT2D eigenvalue weighted by molar-refractivity contribution is 0.334. The predicted octanol–water partition coefficient (Wildman–Crippen LogP) is 4.09. The molecule has 0 saturated carbocycles. The number of hydrogen-bond donors (Lipinski definition) is 1. The molecule has 0 aromatic heterocycles. The van der Waals surface area contributed by atoms with Crippen molar-refractivity contribution in [2.75, 3.05) is 6.61 Å². The first-order valence-corrected chi connectivity index (χ1v) is 7.21. The second-order valence-electron chi connectivity index (χ2n) is 4.41. The van der Waals surface area contributed by atoms with Crippen LogP contribution in [-0.2, 0) is 6.42 Å². The Kier molecular flexibility index (Phi) is 5.00. The molecule has 2 rings (SSSR count). The summed E-state index contributed by atoms with van der Waals surface area (Å²) in [4.78, 5) is 0. The van der Waals surface area contributed by atoms with Crippen molar-refractivity contribution < 1.29 is 4.74 Å². The first kappa shape index (κ1) is 14.1. The molecule has 0 bridgehead atoms. The minimum Gasteiger partial charge on any atom is -0.494 e. The Bertz CT molecular complexity index is 542. The smallest absolute Gasteiger partial charge is 0.124 e. The van der Waals surface area contributed by atoms with Gasteiger partial charge in [0.25, 0.3) is 0 Å². The number of halogens is 1. The van der Waals surface area contributed by atoms with Gasteiger partial charge in [-0.1, -0.05) is 46.3 Å². The lowest BCUT2D eigenvalue weighted by atomic mass is 9.99. The lowest BCUT2D eigenvalue weighted by Crippen LogP contribution is -2.14. The van der Waals surface area contributed by atoms with Gasteiger partial charge in [-0.25, -0.2) is 0 Å². The van der Waals surface area contributed by atoms with Gasteiger partial charge >= 0.3 is 0 Å². The van der Waals surface area contributed by atoms with Crippen molar-refractivity contribution in [2.24, 2.45) is 5.73 Å². The van der Waals surface area contributed by atoms with Crippen molar-refractivity contribution in [2.45, 2.75) is 19.4 Å². The molecule has 0 radical (unpaired) electrons. The average Bonchev–Trinajstić information content (AvgIpc) is 2.39. The van der Waals surface area contributed by atoms with E-state index in [4.69, 9.17) is 10.5 Å². The molecule has 1 atom stereocenters. The Labute approximate surface area is 122 Å². The van der Waals surface area contributed by atoms with Gasteiger partial charge in [0.2, 0.25) is 0 Å². The zero-order valence-electron chi connectivity index (χ0n) is 11.0. The van der Waals surface area contributed by atoms with Crippen LogP contribution < -0.4 is 10.5 Å². The van der Waals surface area contributed by atoms with Crippen molar-refractivity contribution in [1.29, 1.82) is 0 Å². The summed E-state index contributed by atoms with van der Waals surface area (Å²) in [7, 11) is 0. The summed E-state index contributed by atoms with van der Waals surface area (Å²) in [5.74, 6) is 0.882. The van der Waals surface area contributed by atoms with Gasteiger partial charge in [-0.15, -0.1) is 0 Å². The van der Waals surface area contributed by atoms with E-state index in [9.17, 15) is 0 Å². The standard InChI is InChI=1S/C16H18BrNO/c1-2-19-16-9-4-3-8-14(16)15(18)11-12-6-5-7-13(17)10-12/h3-10,15H,2,11,18H2,1H3. The van der Waals surface area contributed by atoms with E-state index in [0.717, 1.165) is 22.2 Å². The summed E-state index contributed by atoms with van der Waals surface area (Å²) in [6.07, 6.45) is 0.795. The Morgan fingerprint density at radius 3 is 2.68 bits per heavy atom. The quantitative estimate of drug-likeness (QED) is 0.900. The third kappa shape index (κ3) is 3.82. The second kappa shape index (κ2) is 6.73. The van der Waals surface area contributed by atoms with E-state index in [1.807, 2.05) is 43.3 Å². The molecule has 0 aliphatic carbocycles. The Hall–Kier alpha value is -1.32. The topological polar surface area (TPSA) is 35.2 Å². The van der Waals surface area contributed by atoms with Crippen LogP contribution in [0.3, 0.4) is 0 Å². The van der Waals surface area contributed by atoms with Gasteiger partial charge in [0.05, 0.1) is 6.61 Å². The molecular weight excluding hydrogens is 302 g/mol. The Morgan fingerprint density at radius 2 is 1.95 bits per heavy atom. The van der Waals surface area contributed by atoms with Gasteiger partial charge in [-0.2, -0.15) is 0 Å². The molecule has 2 nitrogen and oxygen atoms in total. The van der Waals surface area contributed by atoms with Crippen LogP contribution in [0.2, 0.25) is 0 Å². The molecule has 0 amide bonds. The second-order valence-corrected chi connectivity index (χ2v) is 5.33. The number of nitrogens with two attached hydrogens (primary N) is 1. The van der Waals surface area contributed by atoms with Crippen LogP contribution in [0.25, 0.3) is 0 Å². The number of ether oxygens (including phenoxy) is 1. The van der Waals surface area contributed by atoms with E-state index in [1.54, 1.807) is 0 Å². The minimum absolute atomic E-state index is 0.0583. The van der Waals surface area contributed by atoms with Gasteiger partial charge in [-0.3, -0.25) is 0 Å². The molecule has 0 fully saturated rings. The fraction of sp³-hybridized carbons (Fsp3) is 0.250. The molecule has 0 spiro atoms. The maximum Gasteiger partial charge on any atom is 0.124 e. The summed E-state index contributed by atoms with van der Waals surface area (Å²) >= 11 is 3.48. The van der Waals surface area contributed by atoms with Gasteiger partial charge in [0.1, 0.15) is 5.75 Å². The summed E-state index contributed by atoms with van der Waals surface area (Å²) in [6.45, 7) is 2.64. The SMILES string of the molecule is CCOc1ccccc1C(N)Cc1cccc(Br)c1. The summed E-state index contributed by atoms with van der Waals surface area (Å²) in [5, 5.41) is 0. The van der Waals surface area contributed by atoms with Gasteiger partial charge in [0, 0.05) is 16.1 Å². The first-order valence-electron chi connectivity index (χ1n) is 6.42. The molecule has 0 aliphatic rings. The van der Waals surface area contributed by atoms with Crippen molar-refractivity contribution in [3.8, 4) is 5.75 Å². The van der Waals surface area contributed by atoms with Crippen molar-refractivity contribution in [3.05, 3.63) is 64.1 Å². The summed E-state index contributed by atoms with van der Waals surface area (Å²) in [6, 6.07) is 16.2. The predicted molar refractivity (Wildman–Crippen MR) is 82.4 cm³/mol. The molecule has 0 saturated heterocycles. The van der Waals surface area contributed by atoms with Crippen LogP contribution in [0.15, 0.2) is 53.0 Å². The number of benzene rings is 2. The maximum atomic E-state index is 6.31. The molecule has 100 valence electrons. The molecular formula is C16H18BrNO. The zero-order chi connectivity index (χ0) is 13.7. The molecule has 0 heterocycles. The molecule has 19 heavy (non-hydrogen) atoms. The average molecular weight is 320 g/mol. The van der Waals surface area contributed by atoms with Crippen LogP contribution in [0.4, 0.5) is 0 Å². The van der Waals surface area contributed by atoms with Crippen LogP contribution in [0.1, 0.15) is 24.1 Å². The number of hydrogen-bond acceptors (Lipinski definition) is 2. The highest BCUT2D eigenvalue weighted by molar-refractivity contribution is 9.10. The number of rotatable bonds is 5. The summed E-state index contributed by atoms with van der Waals surface area (Å²) in [5.41, 5.74) is 8.59. The molecule has 3 heteroatoms. The van der Waals surface area contributed by atoms with Crippen LogP contribution in [0, 0.1) is 0 Å². The fourth-order valence-electron chi connectivity index (χ4n) is 2.10. The van der Waals surface area contributed by atoms with Crippen LogP contribution in [0.5, 0.6) is 5.75 Å². The highest BCUT2D eigenvalue weighted by Gasteiger charge is 2.12. The van der Waals surface area contributed by atoms with E-state index in [0.29, 0.717) is 6.61 Å². The molecule has 2 N–H and O–H groups in total. The maximum absolute atomic E-state index is 6.31. The zero-order valence-corrected chi connectivity index (χ0v) is 12.6.